The molecule has 1 aliphatic rings. The van der Waals surface area contributed by atoms with Crippen LogP contribution in [0.4, 0.5) is 8.78 Å². The van der Waals surface area contributed by atoms with Crippen molar-refractivity contribution in [1.82, 2.24) is 19.7 Å². The zero-order valence-electron chi connectivity index (χ0n) is 19.6. The molecule has 1 atom stereocenters. The van der Waals surface area contributed by atoms with Gasteiger partial charge in [-0.1, -0.05) is 0 Å². The summed E-state index contributed by atoms with van der Waals surface area (Å²) in [5.74, 6) is -1.49. The molecule has 184 valence electrons. The van der Waals surface area contributed by atoms with Gasteiger partial charge in [-0.25, -0.2) is 0 Å². The fraction of sp³-hybridized carbons (Fsp3) is 0.320. The second-order valence-electron chi connectivity index (χ2n) is 8.17. The van der Waals surface area contributed by atoms with Crippen molar-refractivity contribution in [2.75, 3.05) is 25.3 Å². The van der Waals surface area contributed by atoms with Crippen molar-refractivity contribution in [2.45, 2.75) is 18.9 Å². The summed E-state index contributed by atoms with van der Waals surface area (Å²) in [6.07, 6.45) is 7.17. The van der Waals surface area contributed by atoms with Gasteiger partial charge in [-0.2, -0.15) is 0 Å². The number of nitrogens with zero attached hydrogens (tertiary/aromatic N) is 4. The monoisotopic (exact) mass is 594 g/mol. The Morgan fingerprint density at radius 3 is 2.46 bits per heavy atom. The molecule has 0 saturated carbocycles. The van der Waals surface area contributed by atoms with Gasteiger partial charge in [-0.05, 0) is 0 Å². The van der Waals surface area contributed by atoms with Crippen LogP contribution in [-0.4, -0.2) is 51.1 Å². The van der Waals surface area contributed by atoms with Crippen LogP contribution in [0.3, 0.4) is 0 Å². The van der Waals surface area contributed by atoms with E-state index in [9.17, 15) is 0 Å². The third-order valence-electron chi connectivity index (χ3n) is 5.87. The van der Waals surface area contributed by atoms with Crippen LogP contribution in [0.2, 0.25) is 0 Å². The van der Waals surface area contributed by atoms with E-state index in [2.05, 4.69) is 10.1 Å². The van der Waals surface area contributed by atoms with Crippen LogP contribution in [-0.2, 0) is 11.8 Å². The first-order valence-electron chi connectivity index (χ1n) is 11.1. The van der Waals surface area contributed by atoms with E-state index < -0.39 is 31.5 Å². The molecule has 0 amide bonds. The average molecular weight is 594 g/mol. The van der Waals surface area contributed by atoms with E-state index in [4.69, 9.17) is 19.2 Å². The number of aryl methyl sites for hydroxylation is 1. The normalized spacial score (nSPS) is 16.0. The number of hydrogen-bond acceptors (Lipinski definition) is 6. The molecule has 35 heavy (non-hydrogen) atoms. The standard InChI is InChI=1S/C25H25F2IN4O3/c1-32-14-16(13-30-32)15-9-19-18(29-12-15)6-7-22(31-19)28(11-17-5-4-8-35-17)25-23(26)20(33-2)10-21(34-3)24(25)27/h6-7,9-10,12-14,17H,4-5,8,11H2,1-3H3. The van der Waals surface area contributed by atoms with E-state index in [0.717, 1.165) is 24.0 Å². The fourth-order valence-electron chi connectivity index (χ4n) is 4.08. The van der Waals surface area contributed by atoms with Crippen LogP contribution in [0.1, 0.15) is 12.8 Å². The second kappa shape index (κ2) is 10.0. The number of alkyl halides is 1. The number of aromatic nitrogens is 4. The van der Waals surface area contributed by atoms with E-state index in [-0.39, 0.29) is 21.2 Å². The summed E-state index contributed by atoms with van der Waals surface area (Å²) in [6.45, 7) is 0.657. The van der Waals surface area contributed by atoms with Crippen molar-refractivity contribution >= 4 is 30.9 Å². The van der Waals surface area contributed by atoms with Crippen molar-refractivity contribution in [3.8, 4) is 22.6 Å². The molecule has 1 aromatic carbocycles. The molecule has 1 unspecified atom stereocenters. The summed E-state index contributed by atoms with van der Waals surface area (Å²) in [4.78, 5) is 9.43. The van der Waals surface area contributed by atoms with Crippen molar-refractivity contribution < 1.29 is 23.0 Å². The van der Waals surface area contributed by atoms with Gasteiger partial charge in [0.1, 0.15) is 0 Å². The molecule has 4 aromatic rings. The van der Waals surface area contributed by atoms with E-state index in [1.807, 2.05) is 31.4 Å². The fourth-order valence-corrected chi connectivity index (χ4v) is 10.0. The summed E-state index contributed by atoms with van der Waals surface area (Å²) in [5, 5.41) is 4.22. The van der Waals surface area contributed by atoms with Gasteiger partial charge in [0.2, 0.25) is 0 Å². The van der Waals surface area contributed by atoms with Crippen molar-refractivity contribution in [3.05, 3.63) is 61.8 Å². The van der Waals surface area contributed by atoms with Gasteiger partial charge >= 0.3 is 209 Å². The molecule has 0 N–H and O–H groups in total. The number of hydrogen-bond donors (Lipinski definition) is 0. The molecule has 0 radical (unpaired) electrons. The molecule has 3 aromatic heterocycles. The number of benzene rings is 1. The number of methoxy groups -OCH3 is 2. The minimum atomic E-state index is -2.78. The zero-order valence-corrected chi connectivity index (χ0v) is 21.8. The molecule has 0 bridgehead atoms. The predicted octanol–water partition coefficient (Wildman–Crippen LogP) is 5.05. The van der Waals surface area contributed by atoms with Crippen LogP contribution < -0.4 is 9.47 Å². The summed E-state index contributed by atoms with van der Waals surface area (Å²) < 4.78 is 50.4. The number of fused-ring (bicyclic) bond motifs is 1. The van der Waals surface area contributed by atoms with Gasteiger partial charge < -0.3 is 0 Å². The topological polar surface area (TPSA) is 71.3 Å². The van der Waals surface area contributed by atoms with E-state index in [0.29, 0.717) is 25.8 Å². The van der Waals surface area contributed by atoms with Crippen molar-refractivity contribution in [3.63, 3.8) is 0 Å². The number of pyridine rings is 2. The number of ether oxygens (including phenoxy) is 3. The molecule has 4 heterocycles. The first kappa shape index (κ1) is 23.9. The predicted molar refractivity (Wildman–Crippen MR) is 136 cm³/mol. The number of halogens is 3. The first-order valence-corrected chi connectivity index (χ1v) is 14.8. The molecule has 1 fully saturated rings. The molecule has 7 nitrogen and oxygen atoms in total. The van der Waals surface area contributed by atoms with E-state index in [1.54, 1.807) is 17.1 Å². The Morgan fingerprint density at radius 1 is 1.06 bits per heavy atom. The zero-order chi connectivity index (χ0) is 24.5. The SMILES string of the molecule is COc1cc(OC)c(F)c(I(CC2CCCO2)c2ccc3ncc(-c4cnn(C)c4)cc3n2)c1F. The molecular weight excluding hydrogens is 569 g/mol. The van der Waals surface area contributed by atoms with Crippen LogP contribution >= 0.6 is 19.8 Å². The Kier molecular flexibility index (Phi) is 6.83. The quantitative estimate of drug-likeness (QED) is 0.129. The summed E-state index contributed by atoms with van der Waals surface area (Å²) >= 11 is -2.78. The third-order valence-corrected chi connectivity index (χ3v) is 11.9. The van der Waals surface area contributed by atoms with Gasteiger partial charge in [0.15, 0.2) is 0 Å². The van der Waals surface area contributed by atoms with Gasteiger partial charge in [0.05, 0.1) is 0 Å². The Balaban J connectivity index is 1.65. The summed E-state index contributed by atoms with van der Waals surface area (Å²) in [6, 6.07) is 6.87. The minimum absolute atomic E-state index is 0.0177. The summed E-state index contributed by atoms with van der Waals surface area (Å²) in [7, 11) is 4.57. The maximum atomic E-state index is 15.6. The van der Waals surface area contributed by atoms with Crippen molar-refractivity contribution in [2.24, 2.45) is 7.05 Å². The second-order valence-corrected chi connectivity index (χ2v) is 13.3. The van der Waals surface area contributed by atoms with Crippen LogP contribution in [0, 0.1) is 18.9 Å². The van der Waals surface area contributed by atoms with E-state index >= 15 is 8.78 Å². The molecule has 0 spiro atoms. The van der Waals surface area contributed by atoms with Gasteiger partial charge in [0.25, 0.3) is 0 Å². The molecule has 1 aliphatic heterocycles. The Bertz CT molecular complexity index is 1350. The number of rotatable bonds is 7. The maximum absolute atomic E-state index is 15.6. The molecule has 1 saturated heterocycles. The average Bonchev–Trinajstić information content (AvgIpc) is 3.55. The first-order chi connectivity index (χ1) is 17.0. The summed E-state index contributed by atoms with van der Waals surface area (Å²) in [5.41, 5.74) is 3.15. The molecule has 5 rings (SSSR count). The Labute approximate surface area is 208 Å². The van der Waals surface area contributed by atoms with Crippen molar-refractivity contribution in [1.29, 1.82) is 0 Å². The third kappa shape index (κ3) is 4.68. The van der Waals surface area contributed by atoms with E-state index in [1.165, 1.54) is 20.3 Å². The Morgan fingerprint density at radius 2 is 1.83 bits per heavy atom. The van der Waals surface area contributed by atoms with Crippen LogP contribution in [0.5, 0.6) is 11.5 Å². The van der Waals surface area contributed by atoms with Crippen LogP contribution in [0.25, 0.3) is 22.2 Å². The van der Waals surface area contributed by atoms with Gasteiger partial charge in [-0.3, -0.25) is 0 Å². The van der Waals surface area contributed by atoms with Crippen LogP contribution in [0.15, 0.2) is 42.9 Å². The Hall–Kier alpha value is -2.86. The van der Waals surface area contributed by atoms with Gasteiger partial charge in [0, 0.05) is 0 Å². The molecular formula is C25H25F2IN4O3. The molecule has 10 heteroatoms. The van der Waals surface area contributed by atoms with Gasteiger partial charge in [-0.15, -0.1) is 0 Å². The molecule has 0 aliphatic carbocycles.